The number of hydrogen-bond acceptors (Lipinski definition) is 3. The summed E-state index contributed by atoms with van der Waals surface area (Å²) in [6.45, 7) is 7.82. The molecule has 2 fully saturated rings. The van der Waals surface area contributed by atoms with Gasteiger partial charge in [0.05, 0.1) is 5.92 Å². The first-order valence-corrected chi connectivity index (χ1v) is 9.50. The van der Waals surface area contributed by atoms with Crippen molar-refractivity contribution in [2.45, 2.75) is 32.7 Å². The van der Waals surface area contributed by atoms with Gasteiger partial charge < -0.3 is 9.80 Å². The van der Waals surface area contributed by atoms with Gasteiger partial charge in [-0.15, -0.1) is 0 Å². The maximum atomic E-state index is 12.8. The first-order chi connectivity index (χ1) is 12.2. The summed E-state index contributed by atoms with van der Waals surface area (Å²) in [5.74, 6) is 0.186. The third-order valence-electron chi connectivity index (χ3n) is 5.28. The molecule has 136 valence electrons. The molecule has 2 heterocycles. The molecular weight excluding hydrogens is 314 g/mol. The monoisotopic (exact) mass is 343 g/mol. The predicted molar refractivity (Wildman–Crippen MR) is 97.9 cm³/mol. The minimum atomic E-state index is -0.134. The molecule has 1 atom stereocenters. The molecule has 25 heavy (non-hydrogen) atoms. The highest BCUT2D eigenvalue weighted by atomic mass is 16.2. The number of likely N-dealkylation sites (tertiary alicyclic amines) is 1. The van der Waals surface area contributed by atoms with E-state index < -0.39 is 0 Å². The lowest BCUT2D eigenvalue weighted by Crippen LogP contribution is -2.50. The number of hydrogen-bond donors (Lipinski definition) is 0. The highest BCUT2D eigenvalue weighted by Crippen LogP contribution is 2.21. The van der Waals surface area contributed by atoms with Crippen LogP contribution in [0.1, 0.15) is 31.7 Å². The Balaban J connectivity index is 1.46. The maximum Gasteiger partial charge on any atom is 0.228 e. The van der Waals surface area contributed by atoms with E-state index in [-0.39, 0.29) is 17.7 Å². The molecular formula is C20H29N3O2. The Morgan fingerprint density at radius 3 is 2.52 bits per heavy atom. The molecule has 0 aromatic heterocycles. The second-order valence-corrected chi connectivity index (χ2v) is 7.18. The number of unbranched alkanes of at least 4 members (excludes halogenated alkanes) is 1. The Labute approximate surface area is 150 Å². The molecule has 1 aromatic carbocycles. The quantitative estimate of drug-likeness (QED) is 0.793. The number of amides is 2. The standard InChI is InChI=1S/C20H29N3O2/c1-2-3-9-23-16-18(14-19(23)24)20(25)22-12-10-21(11-13-22)15-17-7-5-4-6-8-17/h4-8,18H,2-3,9-16H2,1H3/t18-/m0/s1. The first-order valence-electron chi connectivity index (χ1n) is 9.50. The Kier molecular flexibility index (Phi) is 6.08. The van der Waals surface area contributed by atoms with Gasteiger partial charge in [0, 0.05) is 52.2 Å². The van der Waals surface area contributed by atoms with E-state index in [1.807, 2.05) is 15.9 Å². The summed E-state index contributed by atoms with van der Waals surface area (Å²) >= 11 is 0. The molecule has 0 radical (unpaired) electrons. The Morgan fingerprint density at radius 1 is 1.12 bits per heavy atom. The van der Waals surface area contributed by atoms with Gasteiger partial charge in [0.1, 0.15) is 0 Å². The first kappa shape index (κ1) is 17.9. The molecule has 0 bridgehead atoms. The summed E-state index contributed by atoms with van der Waals surface area (Å²) in [6, 6.07) is 10.5. The summed E-state index contributed by atoms with van der Waals surface area (Å²) in [5.41, 5.74) is 1.32. The summed E-state index contributed by atoms with van der Waals surface area (Å²) in [4.78, 5) is 31.1. The molecule has 0 unspecified atom stereocenters. The van der Waals surface area contributed by atoms with Crippen molar-refractivity contribution in [3.8, 4) is 0 Å². The van der Waals surface area contributed by atoms with Crippen LogP contribution >= 0.6 is 0 Å². The van der Waals surface area contributed by atoms with Gasteiger partial charge in [-0.2, -0.15) is 0 Å². The van der Waals surface area contributed by atoms with Gasteiger partial charge in [0.2, 0.25) is 11.8 Å². The smallest absolute Gasteiger partial charge is 0.228 e. The van der Waals surface area contributed by atoms with Crippen LogP contribution in [0.5, 0.6) is 0 Å². The van der Waals surface area contributed by atoms with Crippen molar-refractivity contribution in [2.75, 3.05) is 39.3 Å². The van der Waals surface area contributed by atoms with Crippen LogP contribution in [0.4, 0.5) is 0 Å². The molecule has 1 aromatic rings. The molecule has 0 spiro atoms. The lowest BCUT2D eigenvalue weighted by atomic mass is 10.1. The Morgan fingerprint density at radius 2 is 1.84 bits per heavy atom. The van der Waals surface area contributed by atoms with Crippen LogP contribution < -0.4 is 0 Å². The van der Waals surface area contributed by atoms with E-state index in [1.54, 1.807) is 0 Å². The van der Waals surface area contributed by atoms with Crippen LogP contribution in [0, 0.1) is 5.92 Å². The van der Waals surface area contributed by atoms with E-state index in [4.69, 9.17) is 0 Å². The van der Waals surface area contributed by atoms with Crippen molar-refractivity contribution in [1.82, 2.24) is 14.7 Å². The van der Waals surface area contributed by atoms with Crippen LogP contribution in [0.25, 0.3) is 0 Å². The highest BCUT2D eigenvalue weighted by molar-refractivity contribution is 5.89. The van der Waals surface area contributed by atoms with Gasteiger partial charge in [0.25, 0.3) is 0 Å². The fourth-order valence-electron chi connectivity index (χ4n) is 3.73. The van der Waals surface area contributed by atoms with Gasteiger partial charge >= 0.3 is 0 Å². The summed E-state index contributed by atoms with van der Waals surface area (Å²) in [7, 11) is 0. The summed E-state index contributed by atoms with van der Waals surface area (Å²) < 4.78 is 0. The van der Waals surface area contributed by atoms with E-state index in [2.05, 4.69) is 36.1 Å². The summed E-state index contributed by atoms with van der Waals surface area (Å²) in [5, 5.41) is 0. The molecule has 5 heteroatoms. The lowest BCUT2D eigenvalue weighted by Gasteiger charge is -2.36. The maximum absolute atomic E-state index is 12.8. The third kappa shape index (κ3) is 4.60. The third-order valence-corrected chi connectivity index (χ3v) is 5.28. The second-order valence-electron chi connectivity index (χ2n) is 7.18. The van der Waals surface area contributed by atoms with Crippen LogP contribution in [-0.4, -0.2) is 65.8 Å². The van der Waals surface area contributed by atoms with Gasteiger partial charge in [-0.3, -0.25) is 14.5 Å². The number of carbonyl (C=O) groups is 2. The Hall–Kier alpha value is -1.88. The van der Waals surface area contributed by atoms with Crippen LogP contribution in [0.2, 0.25) is 0 Å². The Bertz CT molecular complexity index is 582. The van der Waals surface area contributed by atoms with E-state index in [0.717, 1.165) is 52.1 Å². The van der Waals surface area contributed by atoms with E-state index >= 15 is 0 Å². The number of rotatable bonds is 6. The predicted octanol–water partition coefficient (Wildman–Crippen LogP) is 1.98. The minimum Gasteiger partial charge on any atom is -0.342 e. The molecule has 3 rings (SSSR count). The fourth-order valence-corrected chi connectivity index (χ4v) is 3.73. The van der Waals surface area contributed by atoms with Gasteiger partial charge in [0.15, 0.2) is 0 Å². The molecule has 2 aliphatic heterocycles. The zero-order valence-electron chi connectivity index (χ0n) is 15.2. The van der Waals surface area contributed by atoms with Crippen molar-refractivity contribution < 1.29 is 9.59 Å². The van der Waals surface area contributed by atoms with E-state index in [9.17, 15) is 9.59 Å². The van der Waals surface area contributed by atoms with E-state index in [0.29, 0.717) is 13.0 Å². The van der Waals surface area contributed by atoms with Crippen molar-refractivity contribution >= 4 is 11.8 Å². The summed E-state index contributed by atoms with van der Waals surface area (Å²) in [6.07, 6.45) is 2.49. The molecule has 0 N–H and O–H groups in total. The zero-order valence-corrected chi connectivity index (χ0v) is 15.2. The van der Waals surface area contributed by atoms with Crippen molar-refractivity contribution in [3.63, 3.8) is 0 Å². The highest BCUT2D eigenvalue weighted by Gasteiger charge is 2.36. The lowest BCUT2D eigenvalue weighted by molar-refractivity contribution is -0.137. The average molecular weight is 343 g/mol. The zero-order chi connectivity index (χ0) is 17.6. The topological polar surface area (TPSA) is 43.9 Å². The van der Waals surface area contributed by atoms with Crippen LogP contribution in [0.3, 0.4) is 0 Å². The number of piperazine rings is 1. The van der Waals surface area contributed by atoms with Gasteiger partial charge in [-0.1, -0.05) is 43.7 Å². The molecule has 0 aliphatic carbocycles. The number of nitrogens with zero attached hydrogens (tertiary/aromatic N) is 3. The molecule has 2 amide bonds. The van der Waals surface area contributed by atoms with Crippen LogP contribution in [-0.2, 0) is 16.1 Å². The van der Waals surface area contributed by atoms with Gasteiger partial charge in [-0.05, 0) is 12.0 Å². The fraction of sp³-hybridized carbons (Fsp3) is 0.600. The molecule has 2 aliphatic rings. The minimum absolute atomic E-state index is 0.134. The SMILES string of the molecule is CCCCN1C[C@@H](C(=O)N2CCN(Cc3ccccc3)CC2)CC1=O. The van der Waals surface area contributed by atoms with Crippen molar-refractivity contribution in [1.29, 1.82) is 0 Å². The second kappa shape index (κ2) is 8.48. The molecule has 0 saturated carbocycles. The largest absolute Gasteiger partial charge is 0.342 e. The normalized spacial score (nSPS) is 21.8. The number of benzene rings is 1. The van der Waals surface area contributed by atoms with E-state index in [1.165, 1.54) is 5.56 Å². The average Bonchev–Trinajstić information content (AvgIpc) is 3.01. The van der Waals surface area contributed by atoms with Crippen molar-refractivity contribution in [3.05, 3.63) is 35.9 Å². The van der Waals surface area contributed by atoms with Crippen molar-refractivity contribution in [2.24, 2.45) is 5.92 Å². The molecule has 5 nitrogen and oxygen atoms in total. The molecule has 2 saturated heterocycles. The number of carbonyl (C=O) groups excluding carboxylic acids is 2. The van der Waals surface area contributed by atoms with Gasteiger partial charge in [-0.25, -0.2) is 0 Å². The van der Waals surface area contributed by atoms with Crippen LogP contribution in [0.15, 0.2) is 30.3 Å².